The first-order valence-electron chi connectivity index (χ1n) is 9.94. The molecule has 0 aliphatic heterocycles. The molecule has 0 aliphatic carbocycles. The fourth-order valence-electron chi connectivity index (χ4n) is 3.33. The highest BCUT2D eigenvalue weighted by Gasteiger charge is 2.24. The van der Waals surface area contributed by atoms with E-state index in [1.165, 1.54) is 0 Å². The fourth-order valence-corrected chi connectivity index (χ4v) is 4.83. The molecule has 0 fully saturated rings. The van der Waals surface area contributed by atoms with Gasteiger partial charge in [-0.1, -0.05) is 6.07 Å². The van der Waals surface area contributed by atoms with Crippen LogP contribution in [0, 0.1) is 34.6 Å². The van der Waals surface area contributed by atoms with Crippen molar-refractivity contribution in [2.45, 2.75) is 39.5 Å². The first-order valence-corrected chi connectivity index (χ1v) is 11.3. The summed E-state index contributed by atoms with van der Waals surface area (Å²) in [5, 5.41) is 10.7. The van der Waals surface area contributed by atoms with E-state index < -0.39 is 10.1 Å². The van der Waals surface area contributed by atoms with E-state index in [-0.39, 0.29) is 10.6 Å². The van der Waals surface area contributed by atoms with Gasteiger partial charge < -0.3 is 14.2 Å². The second kappa shape index (κ2) is 9.34. The monoisotopic (exact) mass is 441 g/mol. The molecule has 3 aromatic rings. The quantitative estimate of drug-likeness (QED) is 0.412. The molecule has 1 N–H and O–H groups in total. The second-order valence-corrected chi connectivity index (χ2v) is 9.00. The van der Waals surface area contributed by atoms with Crippen LogP contribution in [0.15, 0.2) is 47.6 Å². The third-order valence-corrected chi connectivity index (χ3v) is 6.59. The summed E-state index contributed by atoms with van der Waals surface area (Å²) in [7, 11) is -4.00. The van der Waals surface area contributed by atoms with E-state index in [2.05, 4.69) is 15.5 Å². The molecule has 0 saturated heterocycles. The van der Waals surface area contributed by atoms with Crippen molar-refractivity contribution in [3.63, 3.8) is 0 Å². The molecular formula is C23H27N3O4S. The topological polar surface area (TPSA) is 90.4 Å². The largest absolute Gasteiger partial charge is 0.492 e. The van der Waals surface area contributed by atoms with Crippen LogP contribution in [0.2, 0.25) is 0 Å². The zero-order valence-electron chi connectivity index (χ0n) is 18.4. The van der Waals surface area contributed by atoms with Crippen molar-refractivity contribution in [3.05, 3.63) is 70.5 Å². The molecule has 7 nitrogen and oxygen atoms in total. The first-order chi connectivity index (χ1) is 14.7. The van der Waals surface area contributed by atoms with Gasteiger partial charge in [0.2, 0.25) is 0 Å². The number of hydrogen-bond acceptors (Lipinski definition) is 7. The number of benzene rings is 2. The van der Waals surface area contributed by atoms with Gasteiger partial charge in [0.05, 0.1) is 18.1 Å². The Bertz CT molecular complexity index is 1150. The predicted octanol–water partition coefficient (Wildman–Crippen LogP) is 4.28. The fraction of sp³-hybridized carbons (Fsp3) is 0.304. The zero-order chi connectivity index (χ0) is 22.6. The van der Waals surface area contributed by atoms with Crippen molar-refractivity contribution < 1.29 is 17.3 Å². The number of anilines is 1. The lowest BCUT2D eigenvalue weighted by atomic mass is 10.0. The Labute approximate surface area is 183 Å². The summed E-state index contributed by atoms with van der Waals surface area (Å²) in [4.78, 5) is 0.226. The van der Waals surface area contributed by atoms with E-state index in [0.717, 1.165) is 22.4 Å². The van der Waals surface area contributed by atoms with Crippen LogP contribution < -0.4 is 14.2 Å². The number of ether oxygens (including phenoxy) is 1. The summed E-state index contributed by atoms with van der Waals surface area (Å²) < 4.78 is 37.5. The molecule has 1 aromatic heterocycles. The molecule has 0 aliphatic rings. The standard InChI is InChI=1S/C23H27N3O4S/c1-15-10-21(29-9-8-24-20-6-7-25-26-14-20)13-22(11-15)30-31(27,28)23-18(4)16(2)12-17(3)19(23)5/h6-7,10-14H,8-9H2,1-5H3,(H,24,25). The SMILES string of the molecule is Cc1cc(OCCNc2ccnnc2)cc(OS(=O)(=O)c2c(C)c(C)cc(C)c2C)c1. The molecule has 3 rings (SSSR count). The molecule has 0 bridgehead atoms. The highest BCUT2D eigenvalue weighted by atomic mass is 32.2. The number of nitrogens with zero attached hydrogens (tertiary/aromatic N) is 2. The van der Waals surface area contributed by atoms with Crippen molar-refractivity contribution in [2.24, 2.45) is 0 Å². The van der Waals surface area contributed by atoms with Gasteiger partial charge in [-0.15, -0.1) is 0 Å². The van der Waals surface area contributed by atoms with E-state index in [9.17, 15) is 8.42 Å². The third kappa shape index (κ3) is 5.52. The average molecular weight is 442 g/mol. The predicted molar refractivity (Wildman–Crippen MR) is 120 cm³/mol. The maximum Gasteiger partial charge on any atom is 0.339 e. The molecule has 0 spiro atoms. The maximum atomic E-state index is 13.1. The lowest BCUT2D eigenvalue weighted by molar-refractivity contribution is 0.331. The molecule has 1 heterocycles. The molecular weight excluding hydrogens is 414 g/mol. The summed E-state index contributed by atoms with van der Waals surface area (Å²) in [5.74, 6) is 0.757. The van der Waals surface area contributed by atoms with Crippen LogP contribution in [0.1, 0.15) is 27.8 Å². The van der Waals surface area contributed by atoms with Gasteiger partial charge in [-0.05, 0) is 80.6 Å². The summed E-state index contributed by atoms with van der Waals surface area (Å²) >= 11 is 0. The van der Waals surface area contributed by atoms with Crippen molar-refractivity contribution in [1.29, 1.82) is 0 Å². The second-order valence-electron chi connectivity index (χ2n) is 7.52. The summed E-state index contributed by atoms with van der Waals surface area (Å²) in [6.07, 6.45) is 3.23. The van der Waals surface area contributed by atoms with Crippen LogP contribution in [0.4, 0.5) is 5.69 Å². The molecule has 0 unspecified atom stereocenters. The zero-order valence-corrected chi connectivity index (χ0v) is 19.2. The molecule has 2 aromatic carbocycles. The minimum Gasteiger partial charge on any atom is -0.492 e. The number of nitrogens with one attached hydrogen (secondary N) is 1. The third-order valence-electron chi connectivity index (χ3n) is 5.06. The van der Waals surface area contributed by atoms with E-state index in [1.54, 1.807) is 38.4 Å². The molecule has 0 amide bonds. The Balaban J connectivity index is 1.74. The average Bonchev–Trinajstić information content (AvgIpc) is 2.70. The highest BCUT2D eigenvalue weighted by molar-refractivity contribution is 7.87. The summed E-state index contributed by atoms with van der Waals surface area (Å²) in [6.45, 7) is 10.2. The van der Waals surface area contributed by atoms with Crippen LogP contribution >= 0.6 is 0 Å². The van der Waals surface area contributed by atoms with Gasteiger partial charge >= 0.3 is 10.1 Å². The number of hydrogen-bond donors (Lipinski definition) is 1. The molecule has 164 valence electrons. The van der Waals surface area contributed by atoms with Crippen LogP contribution in [0.5, 0.6) is 11.5 Å². The van der Waals surface area contributed by atoms with Crippen LogP contribution in [-0.4, -0.2) is 31.8 Å². The van der Waals surface area contributed by atoms with E-state index >= 15 is 0 Å². The first kappa shape index (κ1) is 22.6. The lowest BCUT2D eigenvalue weighted by Gasteiger charge is -2.16. The number of rotatable bonds is 8. The van der Waals surface area contributed by atoms with Crippen LogP contribution in [0.3, 0.4) is 0 Å². The Morgan fingerprint density at radius 2 is 1.58 bits per heavy atom. The Morgan fingerprint density at radius 1 is 0.903 bits per heavy atom. The van der Waals surface area contributed by atoms with Crippen molar-refractivity contribution in [1.82, 2.24) is 10.2 Å². The maximum absolute atomic E-state index is 13.1. The number of aryl methyl sites for hydroxylation is 3. The Kier molecular flexibility index (Phi) is 6.80. The highest BCUT2D eigenvalue weighted by Crippen LogP contribution is 2.30. The van der Waals surface area contributed by atoms with Gasteiger partial charge in [-0.2, -0.15) is 18.6 Å². The normalized spacial score (nSPS) is 11.3. The summed E-state index contributed by atoms with van der Waals surface area (Å²) in [5.41, 5.74) is 4.90. The lowest BCUT2D eigenvalue weighted by Crippen LogP contribution is -2.15. The van der Waals surface area contributed by atoms with Gasteiger partial charge in [-0.25, -0.2) is 0 Å². The number of aromatic nitrogens is 2. The molecule has 31 heavy (non-hydrogen) atoms. The van der Waals surface area contributed by atoms with Gasteiger partial charge in [0, 0.05) is 12.6 Å². The molecule has 0 radical (unpaired) electrons. The minimum atomic E-state index is -4.00. The van der Waals surface area contributed by atoms with E-state index in [0.29, 0.717) is 30.0 Å². The van der Waals surface area contributed by atoms with E-state index in [4.69, 9.17) is 8.92 Å². The Morgan fingerprint density at radius 3 is 2.23 bits per heavy atom. The van der Waals surface area contributed by atoms with Gasteiger partial charge in [-0.3, -0.25) is 0 Å². The summed E-state index contributed by atoms with van der Waals surface area (Å²) in [6, 6.07) is 8.90. The van der Waals surface area contributed by atoms with Crippen molar-refractivity contribution >= 4 is 15.8 Å². The van der Waals surface area contributed by atoms with Crippen molar-refractivity contribution in [2.75, 3.05) is 18.5 Å². The van der Waals surface area contributed by atoms with E-state index in [1.807, 2.05) is 39.0 Å². The minimum absolute atomic E-state index is 0.222. The smallest absolute Gasteiger partial charge is 0.339 e. The molecule has 0 atom stereocenters. The Hall–Kier alpha value is -3.13. The van der Waals surface area contributed by atoms with Crippen LogP contribution in [0.25, 0.3) is 0 Å². The van der Waals surface area contributed by atoms with Gasteiger partial charge in [0.25, 0.3) is 0 Å². The van der Waals surface area contributed by atoms with Gasteiger partial charge in [0.1, 0.15) is 23.0 Å². The van der Waals surface area contributed by atoms with Gasteiger partial charge in [0.15, 0.2) is 0 Å². The van der Waals surface area contributed by atoms with Crippen molar-refractivity contribution in [3.8, 4) is 11.5 Å². The molecule has 8 heteroatoms. The van der Waals surface area contributed by atoms with Crippen LogP contribution in [-0.2, 0) is 10.1 Å². The molecule has 0 saturated carbocycles.